The molecule has 0 bridgehead atoms. The van der Waals surface area contributed by atoms with Crippen molar-refractivity contribution >= 4 is 37.7 Å². The maximum absolute atomic E-state index is 15.1. The van der Waals surface area contributed by atoms with E-state index >= 15 is 4.39 Å². The molecule has 202 valence electrons. The Morgan fingerprint density at radius 3 is 2.42 bits per heavy atom. The van der Waals surface area contributed by atoms with Crippen LogP contribution in [-0.4, -0.2) is 50.7 Å². The first-order valence-electron chi connectivity index (χ1n) is 11.2. The maximum atomic E-state index is 15.1. The van der Waals surface area contributed by atoms with Gasteiger partial charge in [-0.1, -0.05) is 30.3 Å². The van der Waals surface area contributed by atoms with Gasteiger partial charge in [-0.15, -0.1) is 0 Å². The number of rotatable bonds is 8. The van der Waals surface area contributed by atoms with E-state index in [1.165, 1.54) is 13.1 Å². The molecular weight excluding hydrogens is 545 g/mol. The molecule has 4 rings (SSSR count). The zero-order valence-corrected chi connectivity index (χ0v) is 21.6. The monoisotopic (exact) mass is 568 g/mol. The first-order chi connectivity index (χ1) is 17.9. The Hall–Kier alpha value is -3.46. The average molecular weight is 569 g/mol. The fraction of sp³-hybridized carbons (Fsp3) is 0.208. The molecule has 3 aromatic rings. The van der Waals surface area contributed by atoms with E-state index in [9.17, 15) is 30.4 Å². The van der Waals surface area contributed by atoms with Crippen LogP contribution in [0.2, 0.25) is 0 Å². The lowest BCUT2D eigenvalue weighted by atomic mass is 10.2. The summed E-state index contributed by atoms with van der Waals surface area (Å²) in [5.41, 5.74) is -0.140. The van der Waals surface area contributed by atoms with Crippen LogP contribution in [0.25, 0.3) is 6.08 Å². The second-order valence-electron chi connectivity index (χ2n) is 8.57. The molecule has 1 atom stereocenters. The van der Waals surface area contributed by atoms with Gasteiger partial charge in [-0.25, -0.2) is 34.7 Å². The molecular formula is C24H23F3N4O5S2. The van der Waals surface area contributed by atoms with Crippen molar-refractivity contribution in [3.63, 3.8) is 0 Å². The van der Waals surface area contributed by atoms with Crippen molar-refractivity contribution in [3.05, 3.63) is 88.8 Å². The molecule has 2 aromatic carbocycles. The van der Waals surface area contributed by atoms with E-state index in [2.05, 4.69) is 10.0 Å². The number of sulfonamides is 2. The van der Waals surface area contributed by atoms with Crippen molar-refractivity contribution in [2.75, 3.05) is 18.4 Å². The van der Waals surface area contributed by atoms with Gasteiger partial charge in [0.05, 0.1) is 0 Å². The van der Waals surface area contributed by atoms with Gasteiger partial charge in [0.15, 0.2) is 17.5 Å². The summed E-state index contributed by atoms with van der Waals surface area (Å²) >= 11 is 0. The zero-order chi connectivity index (χ0) is 27.7. The number of aryl methyl sites for hydroxylation is 1. The zero-order valence-electron chi connectivity index (χ0n) is 19.9. The summed E-state index contributed by atoms with van der Waals surface area (Å²) in [6.45, 7) is -0.119. The highest BCUT2D eigenvalue weighted by atomic mass is 32.2. The van der Waals surface area contributed by atoms with E-state index in [0.29, 0.717) is 11.6 Å². The Bertz CT molecular complexity index is 1610. The van der Waals surface area contributed by atoms with E-state index in [0.717, 1.165) is 32.6 Å². The van der Waals surface area contributed by atoms with Gasteiger partial charge in [0.1, 0.15) is 10.6 Å². The minimum Gasteiger partial charge on any atom is -0.343 e. The molecule has 9 nitrogen and oxygen atoms in total. The molecule has 0 aliphatic carbocycles. The second kappa shape index (κ2) is 10.7. The fourth-order valence-corrected chi connectivity index (χ4v) is 6.57. The van der Waals surface area contributed by atoms with Crippen molar-refractivity contribution in [2.45, 2.75) is 17.4 Å². The predicted octanol–water partition coefficient (Wildman–Crippen LogP) is 3.05. The number of carbonyl (C=O) groups excluding carboxylic acids is 1. The average Bonchev–Trinajstić information content (AvgIpc) is 3.45. The van der Waals surface area contributed by atoms with Gasteiger partial charge < -0.3 is 9.88 Å². The van der Waals surface area contributed by atoms with Crippen LogP contribution in [0.5, 0.6) is 0 Å². The van der Waals surface area contributed by atoms with Gasteiger partial charge in [-0.2, -0.15) is 4.31 Å². The van der Waals surface area contributed by atoms with Crippen molar-refractivity contribution < 1.29 is 34.8 Å². The Morgan fingerprint density at radius 1 is 1.03 bits per heavy atom. The van der Waals surface area contributed by atoms with Crippen LogP contribution >= 0.6 is 0 Å². The fourth-order valence-electron chi connectivity index (χ4n) is 3.93. The molecule has 0 radical (unpaired) electrons. The molecule has 0 unspecified atom stereocenters. The molecule has 1 amide bonds. The van der Waals surface area contributed by atoms with Crippen LogP contribution in [0.15, 0.2) is 65.0 Å². The summed E-state index contributed by atoms with van der Waals surface area (Å²) in [5, 5.41) is 3.23. The maximum Gasteiger partial charge on any atom is 0.275 e. The van der Waals surface area contributed by atoms with Gasteiger partial charge in [0, 0.05) is 49.5 Å². The van der Waals surface area contributed by atoms with Gasteiger partial charge in [0.25, 0.3) is 5.91 Å². The molecule has 2 heterocycles. The van der Waals surface area contributed by atoms with Crippen LogP contribution in [0.4, 0.5) is 18.9 Å². The summed E-state index contributed by atoms with van der Waals surface area (Å²) in [5.74, 6) is -4.81. The molecule has 2 N–H and O–H groups in total. The van der Waals surface area contributed by atoms with Crippen molar-refractivity contribution in [1.29, 1.82) is 0 Å². The molecule has 0 spiro atoms. The smallest absolute Gasteiger partial charge is 0.275 e. The Balaban J connectivity index is 1.46. The van der Waals surface area contributed by atoms with Crippen molar-refractivity contribution in [2.24, 2.45) is 7.05 Å². The van der Waals surface area contributed by atoms with Crippen LogP contribution in [0.1, 0.15) is 22.5 Å². The van der Waals surface area contributed by atoms with E-state index in [1.807, 2.05) is 0 Å². The van der Waals surface area contributed by atoms with E-state index in [1.54, 1.807) is 30.3 Å². The minimum atomic E-state index is -4.49. The third kappa shape index (κ3) is 5.99. The molecule has 1 aromatic heterocycles. The number of carbonyl (C=O) groups is 1. The number of hydrogen-bond donors (Lipinski definition) is 2. The number of aromatic nitrogens is 1. The SMILES string of the molecule is Cn1cc(S(=O)(=O)N[C@@H]2CCN(S(=O)(=O)/C=C/c3ccccc3)C2)c(F)c1C(=O)Nc1ccc(F)c(F)c1. The Kier molecular flexibility index (Phi) is 7.78. The largest absolute Gasteiger partial charge is 0.343 e. The van der Waals surface area contributed by atoms with E-state index in [-0.39, 0.29) is 25.2 Å². The van der Waals surface area contributed by atoms with Gasteiger partial charge in [-0.3, -0.25) is 4.79 Å². The topological polar surface area (TPSA) is 118 Å². The van der Waals surface area contributed by atoms with Crippen LogP contribution in [-0.2, 0) is 27.1 Å². The second-order valence-corrected chi connectivity index (χ2v) is 12.1. The quantitative estimate of drug-likeness (QED) is 0.433. The van der Waals surface area contributed by atoms with Crippen LogP contribution < -0.4 is 10.0 Å². The van der Waals surface area contributed by atoms with Gasteiger partial charge in [-0.05, 0) is 30.2 Å². The van der Waals surface area contributed by atoms with E-state index in [4.69, 9.17) is 0 Å². The number of hydrogen-bond acceptors (Lipinski definition) is 5. The number of nitrogens with one attached hydrogen (secondary N) is 2. The lowest BCUT2D eigenvalue weighted by Crippen LogP contribution is -2.38. The van der Waals surface area contributed by atoms with E-state index < -0.39 is 60.0 Å². The van der Waals surface area contributed by atoms with Gasteiger partial charge >= 0.3 is 0 Å². The summed E-state index contributed by atoms with van der Waals surface area (Å²) in [7, 11) is -7.08. The van der Waals surface area contributed by atoms with Crippen molar-refractivity contribution in [1.82, 2.24) is 13.6 Å². The normalized spacial score (nSPS) is 16.8. The third-order valence-electron chi connectivity index (χ3n) is 5.83. The molecule has 1 aliphatic heterocycles. The summed E-state index contributed by atoms with van der Waals surface area (Å²) in [6, 6.07) is 10.5. The van der Waals surface area contributed by atoms with Gasteiger partial charge in [0.2, 0.25) is 20.0 Å². The molecule has 1 aliphatic rings. The Morgan fingerprint density at radius 2 is 1.74 bits per heavy atom. The molecule has 14 heteroatoms. The number of halogens is 3. The minimum absolute atomic E-state index is 0.0494. The highest BCUT2D eigenvalue weighted by Gasteiger charge is 2.35. The Labute approximate surface area is 217 Å². The third-order valence-corrected chi connectivity index (χ3v) is 8.87. The van der Waals surface area contributed by atoms with Crippen LogP contribution in [0, 0.1) is 17.5 Å². The first-order valence-corrected chi connectivity index (χ1v) is 14.2. The highest BCUT2D eigenvalue weighted by Crippen LogP contribution is 2.24. The summed E-state index contributed by atoms with van der Waals surface area (Å²) in [6.07, 6.45) is 2.47. The molecule has 1 fully saturated rings. The van der Waals surface area contributed by atoms with Crippen LogP contribution in [0.3, 0.4) is 0 Å². The highest BCUT2D eigenvalue weighted by molar-refractivity contribution is 7.92. The summed E-state index contributed by atoms with van der Waals surface area (Å²) in [4.78, 5) is 11.8. The summed E-state index contributed by atoms with van der Waals surface area (Å²) < 4.78 is 97.2. The lowest BCUT2D eigenvalue weighted by Gasteiger charge is -2.15. The number of nitrogens with zero attached hydrogens (tertiary/aromatic N) is 2. The number of amides is 1. The van der Waals surface area contributed by atoms with Crippen molar-refractivity contribution in [3.8, 4) is 0 Å². The molecule has 1 saturated heterocycles. The lowest BCUT2D eigenvalue weighted by molar-refractivity contribution is 0.101. The molecule has 0 saturated carbocycles. The predicted molar refractivity (Wildman–Crippen MR) is 134 cm³/mol. The number of benzene rings is 2. The molecule has 38 heavy (non-hydrogen) atoms. The standard InChI is InChI=1S/C24H23F3N4O5S2/c1-30-15-21(22(27)23(30)24(32)28-17-7-8-19(25)20(26)13-17)38(35,36)29-18-9-11-31(14-18)37(33,34)12-10-16-5-3-2-4-6-16/h2-8,10,12-13,15,18,29H,9,11,14H2,1H3,(H,28,32)/b12-10+/t18-/m1/s1. The first kappa shape index (κ1) is 27.6. The number of anilines is 1.